The van der Waals surface area contributed by atoms with E-state index in [9.17, 15) is 9.18 Å². The van der Waals surface area contributed by atoms with Crippen LogP contribution in [0, 0.1) is 5.82 Å². The molecule has 0 aromatic heterocycles. The van der Waals surface area contributed by atoms with Crippen molar-refractivity contribution in [2.24, 2.45) is 0 Å². The largest absolute Gasteiger partial charge is 0.383 e. The maximum Gasteiger partial charge on any atom is 0.257 e. The van der Waals surface area contributed by atoms with E-state index >= 15 is 0 Å². The van der Waals surface area contributed by atoms with Crippen molar-refractivity contribution in [2.45, 2.75) is 18.9 Å². The molecule has 1 aromatic carbocycles. The Balaban J connectivity index is 2.16. The number of ether oxygens (including phenoxy) is 1. The van der Waals surface area contributed by atoms with Crippen LogP contribution < -0.4 is 0 Å². The summed E-state index contributed by atoms with van der Waals surface area (Å²) in [5.41, 5.74) is 0.126. The van der Waals surface area contributed by atoms with Gasteiger partial charge in [0, 0.05) is 24.2 Å². The second-order valence-corrected chi connectivity index (χ2v) is 5.26. The van der Waals surface area contributed by atoms with Crippen LogP contribution in [0.15, 0.2) is 22.7 Å². The van der Waals surface area contributed by atoms with Crippen molar-refractivity contribution in [3.05, 3.63) is 34.1 Å². The average molecular weight is 316 g/mol. The van der Waals surface area contributed by atoms with E-state index in [-0.39, 0.29) is 17.5 Å². The Morgan fingerprint density at radius 3 is 2.83 bits per heavy atom. The van der Waals surface area contributed by atoms with Crippen LogP contribution in [0.3, 0.4) is 0 Å². The zero-order valence-electron chi connectivity index (χ0n) is 10.2. The summed E-state index contributed by atoms with van der Waals surface area (Å²) in [6.45, 7) is 0.982. The average Bonchev–Trinajstić information content (AvgIpc) is 3.13. The first kappa shape index (κ1) is 13.5. The van der Waals surface area contributed by atoms with Crippen LogP contribution in [0.4, 0.5) is 4.39 Å². The SMILES string of the molecule is COCCN(C(=O)c1ccc(Br)cc1F)C1CC1. The zero-order chi connectivity index (χ0) is 13.1. The highest BCUT2D eigenvalue weighted by Gasteiger charge is 2.33. The molecule has 0 atom stereocenters. The van der Waals surface area contributed by atoms with Crippen molar-refractivity contribution in [3.63, 3.8) is 0 Å². The van der Waals surface area contributed by atoms with Crippen LogP contribution in [0.5, 0.6) is 0 Å². The lowest BCUT2D eigenvalue weighted by Crippen LogP contribution is -2.36. The number of rotatable bonds is 5. The van der Waals surface area contributed by atoms with Gasteiger partial charge in [0.1, 0.15) is 5.82 Å². The van der Waals surface area contributed by atoms with Gasteiger partial charge in [-0.25, -0.2) is 4.39 Å². The maximum atomic E-state index is 13.8. The topological polar surface area (TPSA) is 29.5 Å². The Hall–Kier alpha value is -0.940. The molecule has 1 saturated carbocycles. The number of hydrogen-bond donors (Lipinski definition) is 0. The number of nitrogens with zero attached hydrogens (tertiary/aromatic N) is 1. The van der Waals surface area contributed by atoms with Crippen molar-refractivity contribution in [2.75, 3.05) is 20.3 Å². The minimum Gasteiger partial charge on any atom is -0.383 e. The lowest BCUT2D eigenvalue weighted by Gasteiger charge is -2.22. The number of methoxy groups -OCH3 is 1. The van der Waals surface area contributed by atoms with Gasteiger partial charge in [0.2, 0.25) is 0 Å². The van der Waals surface area contributed by atoms with Gasteiger partial charge in [-0.15, -0.1) is 0 Å². The summed E-state index contributed by atoms with van der Waals surface area (Å²) in [7, 11) is 1.59. The van der Waals surface area contributed by atoms with Gasteiger partial charge >= 0.3 is 0 Å². The molecular weight excluding hydrogens is 301 g/mol. The normalized spacial score (nSPS) is 14.6. The summed E-state index contributed by atoms with van der Waals surface area (Å²) >= 11 is 3.18. The van der Waals surface area contributed by atoms with Gasteiger partial charge in [0.15, 0.2) is 0 Å². The third kappa shape index (κ3) is 3.09. The molecule has 0 radical (unpaired) electrons. The summed E-state index contributed by atoms with van der Waals surface area (Å²) in [5.74, 6) is -0.739. The highest BCUT2D eigenvalue weighted by Crippen LogP contribution is 2.28. The molecular formula is C13H15BrFNO2. The van der Waals surface area contributed by atoms with E-state index in [4.69, 9.17) is 4.74 Å². The minimum absolute atomic E-state index is 0.126. The van der Waals surface area contributed by atoms with Crippen LogP contribution in [-0.4, -0.2) is 37.1 Å². The summed E-state index contributed by atoms with van der Waals surface area (Å²) in [6.07, 6.45) is 1.99. The molecule has 0 heterocycles. The second-order valence-electron chi connectivity index (χ2n) is 4.35. The number of amides is 1. The van der Waals surface area contributed by atoms with Gasteiger partial charge in [0.25, 0.3) is 5.91 Å². The highest BCUT2D eigenvalue weighted by molar-refractivity contribution is 9.10. The number of halogens is 2. The first-order chi connectivity index (χ1) is 8.63. The van der Waals surface area contributed by atoms with Crippen LogP contribution in [0.25, 0.3) is 0 Å². The molecule has 1 aliphatic carbocycles. The molecule has 1 aliphatic rings. The molecule has 0 aliphatic heterocycles. The third-order valence-electron chi connectivity index (χ3n) is 2.95. The third-order valence-corrected chi connectivity index (χ3v) is 3.44. The highest BCUT2D eigenvalue weighted by atomic mass is 79.9. The number of carbonyl (C=O) groups is 1. The molecule has 0 spiro atoms. The molecule has 0 bridgehead atoms. The van der Waals surface area contributed by atoms with Crippen molar-refractivity contribution in [3.8, 4) is 0 Å². The first-order valence-corrected chi connectivity index (χ1v) is 6.67. The molecule has 18 heavy (non-hydrogen) atoms. The Morgan fingerprint density at radius 1 is 1.56 bits per heavy atom. The van der Waals surface area contributed by atoms with Crippen LogP contribution in [0.1, 0.15) is 23.2 Å². The standard InChI is InChI=1S/C13H15BrFNO2/c1-18-7-6-16(10-3-4-10)13(17)11-5-2-9(14)8-12(11)15/h2,5,8,10H,3-4,6-7H2,1H3. The monoisotopic (exact) mass is 315 g/mol. The lowest BCUT2D eigenvalue weighted by atomic mass is 10.2. The molecule has 3 nitrogen and oxygen atoms in total. The lowest BCUT2D eigenvalue weighted by molar-refractivity contribution is 0.0675. The van der Waals surface area contributed by atoms with E-state index in [0.29, 0.717) is 17.6 Å². The van der Waals surface area contributed by atoms with Gasteiger partial charge < -0.3 is 9.64 Å². The molecule has 1 aromatic rings. The second kappa shape index (κ2) is 5.80. The Kier molecular flexibility index (Phi) is 4.35. The molecule has 0 saturated heterocycles. The maximum absolute atomic E-state index is 13.8. The molecule has 2 rings (SSSR count). The molecule has 5 heteroatoms. The minimum atomic E-state index is -0.488. The summed E-state index contributed by atoms with van der Waals surface area (Å²) in [4.78, 5) is 14.0. The smallest absolute Gasteiger partial charge is 0.257 e. The van der Waals surface area contributed by atoms with E-state index in [0.717, 1.165) is 12.8 Å². The fourth-order valence-electron chi connectivity index (χ4n) is 1.84. The van der Waals surface area contributed by atoms with Gasteiger partial charge in [-0.1, -0.05) is 15.9 Å². The fourth-order valence-corrected chi connectivity index (χ4v) is 2.18. The van der Waals surface area contributed by atoms with Gasteiger partial charge in [0.05, 0.1) is 12.2 Å². The quantitative estimate of drug-likeness (QED) is 0.836. The van der Waals surface area contributed by atoms with Crippen molar-refractivity contribution in [1.82, 2.24) is 4.90 Å². The van der Waals surface area contributed by atoms with Crippen LogP contribution in [0.2, 0.25) is 0 Å². The predicted molar refractivity (Wildman–Crippen MR) is 70.0 cm³/mol. The van der Waals surface area contributed by atoms with E-state index in [2.05, 4.69) is 15.9 Å². The fraction of sp³-hybridized carbons (Fsp3) is 0.462. The van der Waals surface area contributed by atoms with E-state index in [1.54, 1.807) is 18.1 Å². The van der Waals surface area contributed by atoms with Gasteiger partial charge in [-0.05, 0) is 31.0 Å². The van der Waals surface area contributed by atoms with E-state index < -0.39 is 5.82 Å². The van der Waals surface area contributed by atoms with Gasteiger partial charge in [-0.2, -0.15) is 0 Å². The van der Waals surface area contributed by atoms with Crippen molar-refractivity contribution < 1.29 is 13.9 Å². The Bertz CT molecular complexity index is 449. The Morgan fingerprint density at radius 2 is 2.28 bits per heavy atom. The van der Waals surface area contributed by atoms with Crippen LogP contribution >= 0.6 is 15.9 Å². The number of benzene rings is 1. The van der Waals surface area contributed by atoms with Crippen molar-refractivity contribution in [1.29, 1.82) is 0 Å². The molecule has 0 unspecified atom stereocenters. The summed E-state index contributed by atoms with van der Waals surface area (Å²) in [6, 6.07) is 4.76. The zero-order valence-corrected chi connectivity index (χ0v) is 11.7. The van der Waals surface area contributed by atoms with E-state index in [1.165, 1.54) is 12.1 Å². The Labute approximate surface area is 114 Å². The summed E-state index contributed by atoms with van der Waals surface area (Å²) < 4.78 is 19.4. The van der Waals surface area contributed by atoms with Crippen LogP contribution in [-0.2, 0) is 4.74 Å². The summed E-state index contributed by atoms with van der Waals surface area (Å²) in [5, 5.41) is 0. The first-order valence-electron chi connectivity index (χ1n) is 5.88. The molecule has 1 fully saturated rings. The number of carbonyl (C=O) groups excluding carboxylic acids is 1. The predicted octanol–water partition coefficient (Wildman–Crippen LogP) is 2.84. The van der Waals surface area contributed by atoms with Crippen molar-refractivity contribution >= 4 is 21.8 Å². The van der Waals surface area contributed by atoms with E-state index in [1.807, 2.05) is 0 Å². The number of hydrogen-bond acceptors (Lipinski definition) is 2. The molecule has 0 N–H and O–H groups in total. The molecule has 1 amide bonds. The molecule has 98 valence electrons. The van der Waals surface area contributed by atoms with Gasteiger partial charge in [-0.3, -0.25) is 4.79 Å².